The zero-order chi connectivity index (χ0) is 26.6. The maximum absolute atomic E-state index is 12.6. The highest BCUT2D eigenvalue weighted by Gasteiger charge is 2.30. The number of nitrogens with one attached hydrogen (secondary N) is 4. The average molecular weight is 513 g/mol. The fourth-order valence-electron chi connectivity index (χ4n) is 3.16. The third kappa shape index (κ3) is 10.6. The molecule has 0 saturated heterocycles. The van der Waals surface area contributed by atoms with Crippen molar-refractivity contribution in [3.8, 4) is 0 Å². The first-order valence-corrected chi connectivity index (χ1v) is 13.1. The Balaban J connectivity index is 2.78. The number of likely N-dealkylation sites (N-methyl/N-ethyl adjacent to an activating group) is 1. The van der Waals surface area contributed by atoms with E-state index in [1.807, 2.05) is 0 Å². The Labute approximate surface area is 204 Å². The van der Waals surface area contributed by atoms with Crippen LogP contribution in [0.2, 0.25) is 0 Å². The van der Waals surface area contributed by atoms with Crippen LogP contribution in [0.3, 0.4) is 0 Å². The first kappa shape index (κ1) is 29.7. The Morgan fingerprint density at radius 2 is 1.60 bits per heavy atom. The molecular weight excluding hydrogens is 480 g/mol. The predicted octanol–water partition coefficient (Wildman–Crippen LogP) is -1.08. The third-order valence-corrected chi connectivity index (χ3v) is 5.70. The van der Waals surface area contributed by atoms with Gasteiger partial charge in [0, 0.05) is 6.26 Å². The Morgan fingerprint density at radius 1 is 0.971 bits per heavy atom. The van der Waals surface area contributed by atoms with E-state index in [1.54, 1.807) is 32.0 Å². The molecule has 0 spiro atoms. The molecule has 0 heterocycles. The molecule has 12 nitrogen and oxygen atoms in total. The monoisotopic (exact) mass is 512 g/mol. The maximum Gasteiger partial charge on any atom is 0.330 e. The van der Waals surface area contributed by atoms with Crippen LogP contribution in [0.1, 0.15) is 38.3 Å². The summed E-state index contributed by atoms with van der Waals surface area (Å²) < 4.78 is 23.2. The van der Waals surface area contributed by atoms with Crippen molar-refractivity contribution >= 4 is 39.3 Å². The summed E-state index contributed by atoms with van der Waals surface area (Å²) in [7, 11) is -3.50. The standard InChI is InChI=1S/C22H32N4O8S/c1-4-9-15(25-20(29)16(23-5-2)13-35(3,33)34)19(28)21(30)24-12-17(27)26-18(22(31)32)14-10-7-6-8-11-14/h6-8,10-11,15-16,18,23H,4-5,9,12-13H2,1-3H3,(H,24,30)(H,25,29)(H,26,27)(H,31,32)/t15?,16?,18-/m0/s1. The van der Waals surface area contributed by atoms with Gasteiger partial charge in [0.25, 0.3) is 5.91 Å². The molecule has 0 bridgehead atoms. The molecule has 0 saturated carbocycles. The van der Waals surface area contributed by atoms with Crippen molar-refractivity contribution in [2.45, 2.75) is 44.8 Å². The van der Waals surface area contributed by atoms with Crippen LogP contribution in [0.15, 0.2) is 30.3 Å². The Morgan fingerprint density at radius 3 is 2.11 bits per heavy atom. The fourth-order valence-corrected chi connectivity index (χ4v) is 4.03. The number of hydrogen-bond acceptors (Lipinski definition) is 8. The van der Waals surface area contributed by atoms with Gasteiger partial charge in [0.15, 0.2) is 6.04 Å². The third-order valence-electron chi connectivity index (χ3n) is 4.77. The van der Waals surface area contributed by atoms with Gasteiger partial charge >= 0.3 is 5.97 Å². The van der Waals surface area contributed by atoms with Gasteiger partial charge in [-0.25, -0.2) is 13.2 Å². The summed E-state index contributed by atoms with van der Waals surface area (Å²) >= 11 is 0. The van der Waals surface area contributed by atoms with Crippen molar-refractivity contribution in [2.75, 3.05) is 25.1 Å². The lowest BCUT2D eigenvalue weighted by atomic mass is 10.1. The lowest BCUT2D eigenvalue weighted by Crippen LogP contribution is -2.55. The van der Waals surface area contributed by atoms with E-state index in [0.717, 1.165) is 6.26 Å². The van der Waals surface area contributed by atoms with Crippen molar-refractivity contribution in [1.82, 2.24) is 21.3 Å². The molecule has 5 N–H and O–H groups in total. The van der Waals surface area contributed by atoms with Crippen LogP contribution >= 0.6 is 0 Å². The number of hydrogen-bond donors (Lipinski definition) is 5. The van der Waals surface area contributed by atoms with E-state index in [1.165, 1.54) is 12.1 Å². The van der Waals surface area contributed by atoms with Crippen molar-refractivity contribution < 1.29 is 37.5 Å². The number of sulfone groups is 1. The number of rotatable bonds is 15. The average Bonchev–Trinajstić information content (AvgIpc) is 2.79. The second-order valence-electron chi connectivity index (χ2n) is 7.85. The Hall–Kier alpha value is -3.32. The number of ketones is 1. The van der Waals surface area contributed by atoms with Crippen LogP contribution in [0.4, 0.5) is 0 Å². The molecule has 0 aliphatic rings. The molecule has 0 aliphatic carbocycles. The summed E-state index contributed by atoms with van der Waals surface area (Å²) in [6, 6.07) is 4.25. The molecule has 1 rings (SSSR count). The normalized spacial score (nSPS) is 13.7. The van der Waals surface area contributed by atoms with Crippen LogP contribution in [-0.2, 0) is 33.8 Å². The van der Waals surface area contributed by atoms with E-state index in [0.29, 0.717) is 18.5 Å². The van der Waals surface area contributed by atoms with Gasteiger partial charge in [-0.2, -0.15) is 0 Å². The van der Waals surface area contributed by atoms with E-state index >= 15 is 0 Å². The van der Waals surface area contributed by atoms with Crippen LogP contribution in [0, 0.1) is 0 Å². The number of carboxylic acids is 1. The van der Waals surface area contributed by atoms with E-state index in [-0.39, 0.29) is 6.42 Å². The summed E-state index contributed by atoms with van der Waals surface area (Å²) in [6.07, 6.45) is 1.52. The second kappa shape index (κ2) is 14.2. The minimum absolute atomic E-state index is 0.108. The zero-order valence-electron chi connectivity index (χ0n) is 19.9. The maximum atomic E-state index is 12.6. The van der Waals surface area contributed by atoms with Gasteiger partial charge in [-0.05, 0) is 18.5 Å². The molecule has 3 atom stereocenters. The summed E-state index contributed by atoms with van der Waals surface area (Å²) in [5, 5.41) is 18.9. The minimum atomic E-state index is -3.50. The van der Waals surface area contributed by atoms with E-state index in [4.69, 9.17) is 0 Å². The van der Waals surface area contributed by atoms with E-state index in [9.17, 15) is 37.5 Å². The second-order valence-corrected chi connectivity index (χ2v) is 10.0. The Kier molecular flexibility index (Phi) is 12.0. The van der Waals surface area contributed by atoms with Crippen LogP contribution in [0.5, 0.6) is 0 Å². The lowest BCUT2D eigenvalue weighted by Gasteiger charge is -2.21. The molecule has 35 heavy (non-hydrogen) atoms. The molecule has 2 unspecified atom stereocenters. The van der Waals surface area contributed by atoms with E-state index in [2.05, 4.69) is 21.3 Å². The quantitative estimate of drug-likeness (QED) is 0.182. The zero-order valence-corrected chi connectivity index (χ0v) is 20.7. The number of carboxylic acid groups (broad SMARTS) is 1. The predicted molar refractivity (Wildman–Crippen MR) is 127 cm³/mol. The first-order valence-electron chi connectivity index (χ1n) is 11.0. The summed E-state index contributed by atoms with van der Waals surface area (Å²) in [5.74, 6) is -5.53. The van der Waals surface area contributed by atoms with Gasteiger partial charge in [-0.3, -0.25) is 19.2 Å². The summed E-state index contributed by atoms with van der Waals surface area (Å²) in [6.45, 7) is 3.05. The molecule has 0 fully saturated rings. The van der Waals surface area contributed by atoms with Gasteiger partial charge in [0.2, 0.25) is 17.6 Å². The number of Topliss-reactive ketones (excluding diaryl/α,β-unsaturated/α-hetero) is 1. The topological polar surface area (TPSA) is 188 Å². The van der Waals surface area contributed by atoms with Crippen LogP contribution < -0.4 is 21.3 Å². The molecule has 0 radical (unpaired) electrons. The molecule has 0 aliphatic heterocycles. The summed E-state index contributed by atoms with van der Waals surface area (Å²) in [5.41, 5.74) is 0.325. The molecule has 194 valence electrons. The van der Waals surface area contributed by atoms with Gasteiger partial charge in [-0.15, -0.1) is 0 Å². The fraction of sp³-hybridized carbons (Fsp3) is 0.500. The number of carbonyl (C=O) groups is 5. The number of amides is 3. The van der Waals surface area contributed by atoms with Crippen LogP contribution in [-0.4, -0.2) is 80.2 Å². The van der Waals surface area contributed by atoms with E-state index < -0.39 is 69.7 Å². The number of benzene rings is 1. The van der Waals surface area contributed by atoms with Crippen molar-refractivity contribution in [2.24, 2.45) is 0 Å². The van der Waals surface area contributed by atoms with Gasteiger partial charge < -0.3 is 26.4 Å². The Bertz CT molecular complexity index is 1010. The molecule has 13 heteroatoms. The van der Waals surface area contributed by atoms with Gasteiger partial charge in [0.05, 0.1) is 18.3 Å². The highest BCUT2D eigenvalue weighted by atomic mass is 32.2. The lowest BCUT2D eigenvalue weighted by molar-refractivity contribution is -0.142. The highest BCUT2D eigenvalue weighted by molar-refractivity contribution is 7.90. The minimum Gasteiger partial charge on any atom is -0.479 e. The largest absolute Gasteiger partial charge is 0.479 e. The van der Waals surface area contributed by atoms with Crippen molar-refractivity contribution in [3.63, 3.8) is 0 Å². The molecule has 3 amide bonds. The molecular formula is C22H32N4O8S. The molecule has 1 aromatic carbocycles. The number of carbonyl (C=O) groups excluding carboxylic acids is 4. The highest BCUT2D eigenvalue weighted by Crippen LogP contribution is 2.12. The molecule has 0 aromatic heterocycles. The van der Waals surface area contributed by atoms with Crippen molar-refractivity contribution in [1.29, 1.82) is 0 Å². The smallest absolute Gasteiger partial charge is 0.330 e. The summed E-state index contributed by atoms with van der Waals surface area (Å²) in [4.78, 5) is 61.2. The van der Waals surface area contributed by atoms with Crippen molar-refractivity contribution in [3.05, 3.63) is 35.9 Å². The van der Waals surface area contributed by atoms with Gasteiger partial charge in [0.1, 0.15) is 15.9 Å². The number of aliphatic carboxylic acids is 1. The first-order chi connectivity index (χ1) is 16.4. The van der Waals surface area contributed by atoms with Crippen LogP contribution in [0.25, 0.3) is 0 Å². The van der Waals surface area contributed by atoms with Gasteiger partial charge in [-0.1, -0.05) is 50.6 Å². The SMILES string of the molecule is CCCC(NC(=O)C(CS(C)(=O)=O)NCC)C(=O)C(=O)NCC(=O)N[C@H](C(=O)O)c1ccccc1. The molecule has 1 aromatic rings.